The summed E-state index contributed by atoms with van der Waals surface area (Å²) >= 11 is 0. The first-order valence-electron chi connectivity index (χ1n) is 7.87. The van der Waals surface area contributed by atoms with Crippen LogP contribution in [-0.2, 0) is 6.42 Å². The third-order valence-electron chi connectivity index (χ3n) is 3.88. The summed E-state index contributed by atoms with van der Waals surface area (Å²) in [5.41, 5.74) is 6.77. The summed E-state index contributed by atoms with van der Waals surface area (Å²) in [6, 6.07) is 9.50. The van der Waals surface area contributed by atoms with Crippen molar-refractivity contribution >= 4 is 22.6 Å². The van der Waals surface area contributed by atoms with E-state index in [0.717, 1.165) is 23.0 Å². The van der Waals surface area contributed by atoms with Gasteiger partial charge in [0.15, 0.2) is 5.76 Å². The number of rotatable bonds is 4. The van der Waals surface area contributed by atoms with Crippen molar-refractivity contribution in [1.29, 1.82) is 0 Å². The highest BCUT2D eigenvalue weighted by Gasteiger charge is 2.15. The van der Waals surface area contributed by atoms with Crippen molar-refractivity contribution in [3.8, 4) is 0 Å². The van der Waals surface area contributed by atoms with Crippen LogP contribution in [0.1, 0.15) is 41.1 Å². The number of carbonyl (C=O) groups is 1. The molecule has 0 atom stereocenters. The summed E-state index contributed by atoms with van der Waals surface area (Å²) in [5.74, 6) is 0.414. The topological polar surface area (TPSA) is 67.5 Å². The minimum absolute atomic E-state index is 0.299. The summed E-state index contributed by atoms with van der Waals surface area (Å²) in [7, 11) is 0. The van der Waals surface area contributed by atoms with Crippen molar-refractivity contribution in [2.45, 2.75) is 27.2 Å². The van der Waals surface area contributed by atoms with E-state index in [1.54, 1.807) is 18.3 Å². The van der Waals surface area contributed by atoms with Crippen LogP contribution in [0.3, 0.4) is 0 Å². The normalized spacial score (nSPS) is 11.7. The van der Waals surface area contributed by atoms with Crippen molar-refractivity contribution in [3.63, 3.8) is 0 Å². The average molecular weight is 321 g/mol. The Bertz CT molecular complexity index is 911. The molecule has 122 valence electrons. The number of aryl methyl sites for hydroxylation is 2. The van der Waals surface area contributed by atoms with Crippen molar-refractivity contribution in [1.82, 2.24) is 10.4 Å². The van der Waals surface area contributed by atoms with Crippen LogP contribution in [0.15, 0.2) is 52.2 Å². The lowest BCUT2D eigenvalue weighted by Gasteiger charge is -2.02. The molecule has 1 aromatic carbocycles. The number of carbonyl (C=O) groups excluding carboxylic acids is 1. The van der Waals surface area contributed by atoms with Gasteiger partial charge >= 0.3 is 0 Å². The number of aromatic nitrogens is 1. The molecular formula is C19H19N3O2. The summed E-state index contributed by atoms with van der Waals surface area (Å²) in [4.78, 5) is 16.0. The predicted octanol–water partition coefficient (Wildman–Crippen LogP) is 3.85. The lowest BCUT2D eigenvalue weighted by molar-refractivity contribution is 0.0954. The van der Waals surface area contributed by atoms with Crippen LogP contribution in [0.5, 0.6) is 0 Å². The van der Waals surface area contributed by atoms with Crippen LogP contribution in [-0.4, -0.2) is 16.6 Å². The second-order valence-corrected chi connectivity index (χ2v) is 5.64. The van der Waals surface area contributed by atoms with Gasteiger partial charge in [0, 0.05) is 23.3 Å². The number of fused-ring (bicyclic) bond motifs is 1. The zero-order chi connectivity index (χ0) is 17.1. The maximum Gasteiger partial charge on any atom is 0.272 e. The van der Waals surface area contributed by atoms with Gasteiger partial charge < -0.3 is 4.42 Å². The molecule has 1 N–H and O–H groups in total. The maximum absolute atomic E-state index is 12.1. The molecule has 0 aliphatic heterocycles. The number of benzene rings is 1. The minimum Gasteiger partial charge on any atom is -0.454 e. The number of hydrogen-bond donors (Lipinski definition) is 1. The highest BCUT2D eigenvalue weighted by atomic mass is 16.3. The van der Waals surface area contributed by atoms with Crippen LogP contribution in [0.2, 0.25) is 0 Å². The molecule has 0 aliphatic carbocycles. The Morgan fingerprint density at radius 2 is 2.17 bits per heavy atom. The van der Waals surface area contributed by atoms with Crippen LogP contribution in [0.25, 0.3) is 11.0 Å². The molecule has 0 spiro atoms. The van der Waals surface area contributed by atoms with Crippen LogP contribution in [0, 0.1) is 6.92 Å². The van der Waals surface area contributed by atoms with E-state index in [9.17, 15) is 4.79 Å². The van der Waals surface area contributed by atoms with E-state index < -0.39 is 0 Å². The van der Waals surface area contributed by atoms with Gasteiger partial charge in [-0.15, -0.1) is 0 Å². The van der Waals surface area contributed by atoms with E-state index in [2.05, 4.69) is 35.4 Å². The molecule has 0 unspecified atom stereocenters. The number of pyridine rings is 1. The minimum atomic E-state index is -0.299. The lowest BCUT2D eigenvalue weighted by Crippen LogP contribution is -2.19. The Morgan fingerprint density at radius 1 is 1.33 bits per heavy atom. The molecule has 24 heavy (non-hydrogen) atoms. The second kappa shape index (κ2) is 6.66. The van der Waals surface area contributed by atoms with Crippen molar-refractivity contribution < 1.29 is 9.21 Å². The van der Waals surface area contributed by atoms with Gasteiger partial charge in [-0.25, -0.2) is 5.43 Å². The summed E-state index contributed by atoms with van der Waals surface area (Å²) in [6.45, 7) is 5.96. The summed E-state index contributed by atoms with van der Waals surface area (Å²) < 4.78 is 5.95. The fourth-order valence-corrected chi connectivity index (χ4v) is 2.65. The molecule has 3 rings (SSSR count). The first-order valence-corrected chi connectivity index (χ1v) is 7.87. The van der Waals surface area contributed by atoms with Gasteiger partial charge in [0.25, 0.3) is 5.91 Å². The van der Waals surface area contributed by atoms with Crippen LogP contribution < -0.4 is 5.43 Å². The number of furan rings is 1. The molecular weight excluding hydrogens is 302 g/mol. The monoisotopic (exact) mass is 321 g/mol. The standard InChI is InChI=1S/C19H19N3O2/c1-4-15-16-10-12(2)7-8-17(16)24-18(15)13(3)21-22-19(23)14-6-5-9-20-11-14/h5-11H,4H2,1-3H3,(H,22,23)/b21-13-. The molecule has 3 aromatic rings. The molecule has 5 nitrogen and oxygen atoms in total. The largest absolute Gasteiger partial charge is 0.454 e. The molecule has 2 aromatic heterocycles. The van der Waals surface area contributed by atoms with Gasteiger partial charge in [-0.3, -0.25) is 9.78 Å². The van der Waals surface area contributed by atoms with Gasteiger partial charge in [-0.05, 0) is 44.5 Å². The van der Waals surface area contributed by atoms with E-state index in [1.165, 1.54) is 11.8 Å². The van der Waals surface area contributed by atoms with E-state index in [4.69, 9.17) is 4.42 Å². The molecule has 0 saturated carbocycles. The zero-order valence-corrected chi connectivity index (χ0v) is 14.0. The predicted molar refractivity (Wildman–Crippen MR) is 94.2 cm³/mol. The Morgan fingerprint density at radius 3 is 2.88 bits per heavy atom. The van der Waals surface area contributed by atoms with Gasteiger partial charge in [0.2, 0.25) is 0 Å². The number of amides is 1. The fraction of sp³-hybridized carbons (Fsp3) is 0.211. The highest BCUT2D eigenvalue weighted by molar-refractivity contribution is 6.03. The smallest absolute Gasteiger partial charge is 0.272 e. The molecule has 0 bridgehead atoms. The Kier molecular flexibility index (Phi) is 4.42. The van der Waals surface area contributed by atoms with Crippen molar-refractivity contribution in [3.05, 3.63) is 65.2 Å². The molecule has 2 heterocycles. The Hall–Kier alpha value is -2.95. The van der Waals surface area contributed by atoms with E-state index in [-0.39, 0.29) is 5.91 Å². The highest BCUT2D eigenvalue weighted by Crippen LogP contribution is 2.27. The number of hydrogen-bond acceptors (Lipinski definition) is 4. The molecule has 5 heteroatoms. The third kappa shape index (κ3) is 3.06. The van der Waals surface area contributed by atoms with Gasteiger partial charge in [0.1, 0.15) is 11.3 Å². The molecule has 0 fully saturated rings. The molecule has 0 aliphatic rings. The summed E-state index contributed by atoms with van der Waals surface area (Å²) in [6.07, 6.45) is 3.95. The van der Waals surface area contributed by atoms with E-state index in [0.29, 0.717) is 17.0 Å². The Balaban J connectivity index is 1.90. The van der Waals surface area contributed by atoms with Gasteiger partial charge in [-0.1, -0.05) is 18.6 Å². The van der Waals surface area contributed by atoms with E-state index >= 15 is 0 Å². The third-order valence-corrected chi connectivity index (χ3v) is 3.88. The molecule has 1 amide bonds. The lowest BCUT2D eigenvalue weighted by atomic mass is 10.0. The SMILES string of the molecule is CCc1c(/C(C)=N\NC(=O)c2cccnc2)oc2ccc(C)cc12. The van der Waals surface area contributed by atoms with Gasteiger partial charge in [0.05, 0.1) is 5.56 Å². The first-order chi connectivity index (χ1) is 11.6. The fourth-order valence-electron chi connectivity index (χ4n) is 2.65. The first kappa shape index (κ1) is 15.9. The average Bonchev–Trinajstić information content (AvgIpc) is 2.97. The van der Waals surface area contributed by atoms with Crippen LogP contribution in [0.4, 0.5) is 0 Å². The van der Waals surface area contributed by atoms with Crippen molar-refractivity contribution in [2.75, 3.05) is 0 Å². The number of nitrogens with zero attached hydrogens (tertiary/aromatic N) is 2. The summed E-state index contributed by atoms with van der Waals surface area (Å²) in [5, 5.41) is 5.29. The number of hydrazone groups is 1. The zero-order valence-electron chi connectivity index (χ0n) is 14.0. The van der Waals surface area contributed by atoms with Gasteiger partial charge in [-0.2, -0.15) is 5.10 Å². The molecule has 0 saturated heterocycles. The van der Waals surface area contributed by atoms with E-state index in [1.807, 2.05) is 19.1 Å². The second-order valence-electron chi connectivity index (χ2n) is 5.64. The Labute approximate surface area is 140 Å². The molecule has 0 radical (unpaired) electrons. The maximum atomic E-state index is 12.1. The van der Waals surface area contributed by atoms with Crippen LogP contribution >= 0.6 is 0 Å². The van der Waals surface area contributed by atoms with Crippen molar-refractivity contribution in [2.24, 2.45) is 5.10 Å². The quantitative estimate of drug-likeness (QED) is 0.586. The number of nitrogens with one attached hydrogen (secondary N) is 1.